The summed E-state index contributed by atoms with van der Waals surface area (Å²) in [5.41, 5.74) is 0.153. The van der Waals surface area contributed by atoms with Crippen molar-refractivity contribution in [2.24, 2.45) is 13.0 Å². The first-order chi connectivity index (χ1) is 7.12. The van der Waals surface area contributed by atoms with Crippen LogP contribution in [0.2, 0.25) is 0 Å². The minimum atomic E-state index is -0.705. The molecule has 1 aliphatic carbocycles. The molecule has 2 unspecified atom stereocenters. The third-order valence-corrected chi connectivity index (χ3v) is 3.53. The molecular formula is C11H19N3O. The van der Waals surface area contributed by atoms with Crippen molar-refractivity contribution in [2.75, 3.05) is 0 Å². The molecule has 0 amide bonds. The van der Waals surface area contributed by atoms with Gasteiger partial charge in [-0.15, -0.1) is 5.10 Å². The van der Waals surface area contributed by atoms with Crippen LogP contribution in [0.3, 0.4) is 0 Å². The molecule has 0 bridgehead atoms. The predicted molar refractivity (Wildman–Crippen MR) is 57.1 cm³/mol. The van der Waals surface area contributed by atoms with E-state index in [2.05, 4.69) is 17.2 Å². The minimum absolute atomic E-state index is 0.705. The van der Waals surface area contributed by atoms with Crippen LogP contribution in [-0.4, -0.2) is 20.1 Å². The topological polar surface area (TPSA) is 50.9 Å². The summed E-state index contributed by atoms with van der Waals surface area (Å²) in [6, 6.07) is 0. The van der Waals surface area contributed by atoms with Gasteiger partial charge in [0.05, 0.1) is 11.9 Å². The van der Waals surface area contributed by atoms with Crippen molar-refractivity contribution in [3.63, 3.8) is 0 Å². The monoisotopic (exact) mass is 209 g/mol. The van der Waals surface area contributed by atoms with E-state index in [-0.39, 0.29) is 0 Å². The molecule has 1 aromatic rings. The highest BCUT2D eigenvalue weighted by Gasteiger charge is 2.34. The average Bonchev–Trinajstić information content (AvgIpc) is 2.55. The van der Waals surface area contributed by atoms with E-state index in [1.807, 2.05) is 7.05 Å². The van der Waals surface area contributed by atoms with Gasteiger partial charge in [-0.1, -0.05) is 18.6 Å². The Morgan fingerprint density at radius 1 is 1.47 bits per heavy atom. The second-order valence-corrected chi connectivity index (χ2v) is 4.81. The second kappa shape index (κ2) is 3.93. The van der Waals surface area contributed by atoms with E-state index >= 15 is 0 Å². The van der Waals surface area contributed by atoms with E-state index in [0.29, 0.717) is 0 Å². The van der Waals surface area contributed by atoms with Crippen molar-refractivity contribution in [2.45, 2.75) is 44.6 Å². The number of hydrogen-bond donors (Lipinski definition) is 1. The Bertz CT molecular complexity index is 336. The molecular weight excluding hydrogens is 190 g/mol. The largest absolute Gasteiger partial charge is 0.384 e. The molecule has 0 spiro atoms. The van der Waals surface area contributed by atoms with Crippen LogP contribution in [0.25, 0.3) is 0 Å². The van der Waals surface area contributed by atoms with Gasteiger partial charge in [0, 0.05) is 7.05 Å². The van der Waals surface area contributed by atoms with Crippen LogP contribution >= 0.6 is 0 Å². The van der Waals surface area contributed by atoms with Crippen LogP contribution in [0.5, 0.6) is 0 Å². The molecule has 2 rings (SSSR count). The fourth-order valence-corrected chi connectivity index (χ4v) is 2.46. The molecule has 0 aliphatic heterocycles. The van der Waals surface area contributed by atoms with Crippen molar-refractivity contribution in [1.29, 1.82) is 0 Å². The maximum atomic E-state index is 10.6. The van der Waals surface area contributed by atoms with E-state index in [0.717, 1.165) is 37.3 Å². The van der Waals surface area contributed by atoms with Gasteiger partial charge in [-0.3, -0.25) is 0 Å². The van der Waals surface area contributed by atoms with E-state index < -0.39 is 5.60 Å². The lowest BCUT2D eigenvalue weighted by Gasteiger charge is -2.26. The zero-order valence-corrected chi connectivity index (χ0v) is 9.48. The number of rotatable bonds is 1. The van der Waals surface area contributed by atoms with Crippen molar-refractivity contribution < 1.29 is 5.11 Å². The SMILES string of the molecule is CC1CCCC(O)(c2cnnn2C)CC1. The Hall–Kier alpha value is -0.900. The quantitative estimate of drug-likeness (QED) is 0.715. The van der Waals surface area contributed by atoms with Gasteiger partial charge in [-0.05, 0) is 31.6 Å². The second-order valence-electron chi connectivity index (χ2n) is 4.81. The van der Waals surface area contributed by atoms with Gasteiger partial charge in [0.2, 0.25) is 0 Å². The van der Waals surface area contributed by atoms with E-state index in [9.17, 15) is 5.11 Å². The highest BCUT2D eigenvalue weighted by molar-refractivity contribution is 5.08. The molecule has 4 nitrogen and oxygen atoms in total. The first-order valence-electron chi connectivity index (χ1n) is 5.69. The summed E-state index contributed by atoms with van der Waals surface area (Å²) in [5.74, 6) is 0.722. The van der Waals surface area contributed by atoms with Crippen molar-refractivity contribution >= 4 is 0 Å². The predicted octanol–water partition coefficient (Wildman–Crippen LogP) is 1.60. The Morgan fingerprint density at radius 2 is 2.27 bits per heavy atom. The third kappa shape index (κ3) is 2.04. The Labute approximate surface area is 90.3 Å². The van der Waals surface area contributed by atoms with Gasteiger partial charge in [0.25, 0.3) is 0 Å². The van der Waals surface area contributed by atoms with Gasteiger partial charge >= 0.3 is 0 Å². The molecule has 0 radical (unpaired) electrons. The lowest BCUT2D eigenvalue weighted by molar-refractivity contribution is 0.0119. The van der Waals surface area contributed by atoms with Gasteiger partial charge in [-0.25, -0.2) is 4.68 Å². The van der Waals surface area contributed by atoms with Crippen molar-refractivity contribution in [3.8, 4) is 0 Å². The fraction of sp³-hybridized carbons (Fsp3) is 0.818. The van der Waals surface area contributed by atoms with Crippen LogP contribution in [0, 0.1) is 5.92 Å². The standard InChI is InChI=1S/C11H19N3O/c1-9-4-3-6-11(15,7-5-9)10-8-12-13-14(10)2/h8-9,15H,3-7H2,1-2H3. The first kappa shape index (κ1) is 10.6. The van der Waals surface area contributed by atoms with E-state index in [1.165, 1.54) is 6.42 Å². The Balaban J connectivity index is 2.22. The number of aryl methyl sites for hydroxylation is 1. The number of aliphatic hydroxyl groups is 1. The molecule has 2 atom stereocenters. The lowest BCUT2D eigenvalue weighted by Crippen LogP contribution is -2.27. The molecule has 1 aromatic heterocycles. The van der Waals surface area contributed by atoms with E-state index in [4.69, 9.17) is 0 Å². The molecule has 84 valence electrons. The van der Waals surface area contributed by atoms with Gasteiger partial charge in [0.1, 0.15) is 5.60 Å². The van der Waals surface area contributed by atoms with Gasteiger partial charge in [0.15, 0.2) is 0 Å². The smallest absolute Gasteiger partial charge is 0.108 e. The highest BCUT2D eigenvalue weighted by atomic mass is 16.3. The van der Waals surface area contributed by atoms with E-state index in [1.54, 1.807) is 10.9 Å². The molecule has 0 saturated heterocycles. The summed E-state index contributed by atoms with van der Waals surface area (Å²) in [5, 5.41) is 18.3. The number of aromatic nitrogens is 3. The maximum Gasteiger partial charge on any atom is 0.108 e. The minimum Gasteiger partial charge on any atom is -0.384 e. The van der Waals surface area contributed by atoms with Crippen molar-refractivity contribution in [1.82, 2.24) is 15.0 Å². The molecule has 1 aliphatic rings. The molecule has 4 heteroatoms. The normalized spacial score (nSPS) is 32.6. The fourth-order valence-electron chi connectivity index (χ4n) is 2.46. The number of hydrogen-bond acceptors (Lipinski definition) is 3. The third-order valence-electron chi connectivity index (χ3n) is 3.53. The lowest BCUT2D eigenvalue weighted by atomic mass is 9.91. The van der Waals surface area contributed by atoms with Crippen LogP contribution in [-0.2, 0) is 12.6 Å². The summed E-state index contributed by atoms with van der Waals surface area (Å²) in [6.45, 7) is 2.26. The summed E-state index contributed by atoms with van der Waals surface area (Å²) in [7, 11) is 1.84. The number of nitrogens with zero attached hydrogens (tertiary/aromatic N) is 3. The Kier molecular flexibility index (Phi) is 2.78. The summed E-state index contributed by atoms with van der Waals surface area (Å²) >= 11 is 0. The zero-order chi connectivity index (χ0) is 10.9. The summed E-state index contributed by atoms with van der Waals surface area (Å²) in [6.07, 6.45) is 6.74. The average molecular weight is 209 g/mol. The molecule has 1 fully saturated rings. The van der Waals surface area contributed by atoms with Crippen molar-refractivity contribution in [3.05, 3.63) is 11.9 Å². The molecule has 1 heterocycles. The molecule has 1 N–H and O–H groups in total. The van der Waals surface area contributed by atoms with Crippen LogP contribution in [0.4, 0.5) is 0 Å². The molecule has 1 saturated carbocycles. The molecule has 15 heavy (non-hydrogen) atoms. The van der Waals surface area contributed by atoms with Gasteiger partial charge in [-0.2, -0.15) is 0 Å². The van der Waals surface area contributed by atoms with Crippen LogP contribution in [0.1, 0.15) is 44.7 Å². The van der Waals surface area contributed by atoms with Crippen LogP contribution < -0.4 is 0 Å². The zero-order valence-electron chi connectivity index (χ0n) is 9.48. The Morgan fingerprint density at radius 3 is 2.93 bits per heavy atom. The maximum absolute atomic E-state index is 10.6. The summed E-state index contributed by atoms with van der Waals surface area (Å²) < 4.78 is 1.69. The summed E-state index contributed by atoms with van der Waals surface area (Å²) in [4.78, 5) is 0. The van der Waals surface area contributed by atoms with Crippen LogP contribution in [0.15, 0.2) is 6.20 Å². The highest BCUT2D eigenvalue weighted by Crippen LogP contribution is 2.36. The first-order valence-corrected chi connectivity index (χ1v) is 5.69. The van der Waals surface area contributed by atoms with Gasteiger partial charge < -0.3 is 5.11 Å². The molecule has 0 aromatic carbocycles.